The minimum absolute atomic E-state index is 0.177. The fourth-order valence-corrected chi connectivity index (χ4v) is 3.54. The van der Waals surface area contributed by atoms with Crippen LogP contribution < -0.4 is 4.74 Å². The van der Waals surface area contributed by atoms with E-state index in [2.05, 4.69) is 15.3 Å². The second kappa shape index (κ2) is 6.36. The zero-order valence-electron chi connectivity index (χ0n) is 13.0. The number of hydrogen-bond acceptors (Lipinski definition) is 5. The van der Waals surface area contributed by atoms with Crippen molar-refractivity contribution in [1.82, 2.24) is 9.88 Å². The maximum atomic E-state index is 10.8. The Morgan fingerprint density at radius 2 is 2.18 bits per heavy atom. The quantitative estimate of drug-likeness (QED) is 0.941. The molecule has 2 aromatic rings. The summed E-state index contributed by atoms with van der Waals surface area (Å²) in [5.41, 5.74) is 0.222. The van der Waals surface area contributed by atoms with Crippen LogP contribution in [0.1, 0.15) is 24.0 Å². The molecule has 1 aliphatic heterocycles. The molecule has 0 bridgehead atoms. The van der Waals surface area contributed by atoms with Gasteiger partial charge in [0.25, 0.3) is 0 Å². The number of rotatable bonds is 4. The SMILES string of the molecule is Cc1nc(CN2CC[C@H](Oc3ccccc3)[C@@](C)(O)C2)cs1. The van der Waals surface area contributed by atoms with Gasteiger partial charge in [0, 0.05) is 25.0 Å². The number of thiazole rings is 1. The van der Waals surface area contributed by atoms with Gasteiger partial charge in [0.2, 0.25) is 0 Å². The molecule has 1 fully saturated rings. The molecule has 1 aliphatic rings. The summed E-state index contributed by atoms with van der Waals surface area (Å²) in [5, 5.41) is 13.9. The zero-order chi connectivity index (χ0) is 15.6. The van der Waals surface area contributed by atoms with E-state index in [4.69, 9.17) is 4.74 Å². The highest BCUT2D eigenvalue weighted by Crippen LogP contribution is 2.27. The molecule has 1 aromatic heterocycles. The van der Waals surface area contributed by atoms with Crippen LogP contribution in [0.15, 0.2) is 35.7 Å². The summed E-state index contributed by atoms with van der Waals surface area (Å²) in [6, 6.07) is 9.72. The third-order valence-corrected chi connectivity index (χ3v) is 4.84. The molecule has 2 atom stereocenters. The third-order valence-electron chi connectivity index (χ3n) is 4.02. The molecule has 0 saturated carbocycles. The van der Waals surface area contributed by atoms with Gasteiger partial charge in [-0.05, 0) is 32.4 Å². The van der Waals surface area contributed by atoms with Crippen molar-refractivity contribution >= 4 is 11.3 Å². The van der Waals surface area contributed by atoms with Crippen LogP contribution in [0, 0.1) is 6.92 Å². The lowest BCUT2D eigenvalue weighted by Gasteiger charge is -2.42. The molecule has 5 heteroatoms. The Kier molecular flexibility index (Phi) is 4.47. The van der Waals surface area contributed by atoms with Crippen LogP contribution in [0.3, 0.4) is 0 Å². The van der Waals surface area contributed by atoms with E-state index in [1.807, 2.05) is 44.2 Å². The Hall–Kier alpha value is -1.43. The normalized spacial score (nSPS) is 26.0. The van der Waals surface area contributed by atoms with E-state index in [1.165, 1.54) is 0 Å². The summed E-state index contributed by atoms with van der Waals surface area (Å²) in [4.78, 5) is 6.75. The van der Waals surface area contributed by atoms with Crippen molar-refractivity contribution in [1.29, 1.82) is 0 Å². The molecule has 1 N–H and O–H groups in total. The first-order chi connectivity index (χ1) is 10.5. The van der Waals surface area contributed by atoms with Gasteiger partial charge < -0.3 is 9.84 Å². The zero-order valence-corrected chi connectivity index (χ0v) is 13.8. The summed E-state index contributed by atoms with van der Waals surface area (Å²) < 4.78 is 5.98. The van der Waals surface area contributed by atoms with Crippen molar-refractivity contribution < 1.29 is 9.84 Å². The predicted molar refractivity (Wildman–Crippen MR) is 88.2 cm³/mol. The number of benzene rings is 1. The van der Waals surface area contributed by atoms with Gasteiger partial charge in [-0.25, -0.2) is 4.98 Å². The minimum atomic E-state index is -0.862. The van der Waals surface area contributed by atoms with Crippen molar-refractivity contribution in [3.8, 4) is 5.75 Å². The van der Waals surface area contributed by atoms with Gasteiger partial charge in [0.15, 0.2) is 0 Å². The van der Waals surface area contributed by atoms with Crippen LogP contribution in [0.5, 0.6) is 5.75 Å². The molecule has 0 aliphatic carbocycles. The van der Waals surface area contributed by atoms with E-state index in [9.17, 15) is 5.11 Å². The van der Waals surface area contributed by atoms with Gasteiger partial charge in [-0.15, -0.1) is 11.3 Å². The van der Waals surface area contributed by atoms with Crippen molar-refractivity contribution in [3.63, 3.8) is 0 Å². The third kappa shape index (κ3) is 3.66. The average Bonchev–Trinajstić information content (AvgIpc) is 2.88. The second-order valence-electron chi connectivity index (χ2n) is 6.13. The topological polar surface area (TPSA) is 45.6 Å². The van der Waals surface area contributed by atoms with Crippen LogP contribution in [-0.4, -0.2) is 39.8 Å². The summed E-state index contributed by atoms with van der Waals surface area (Å²) in [6.45, 7) is 6.17. The Bertz CT molecular complexity index is 612. The lowest BCUT2D eigenvalue weighted by Crippen LogP contribution is -2.56. The van der Waals surface area contributed by atoms with E-state index in [1.54, 1.807) is 11.3 Å². The van der Waals surface area contributed by atoms with Crippen molar-refractivity contribution in [3.05, 3.63) is 46.4 Å². The number of para-hydroxylation sites is 1. The van der Waals surface area contributed by atoms with E-state index in [-0.39, 0.29) is 6.10 Å². The number of hydrogen-bond donors (Lipinski definition) is 1. The molecule has 1 aromatic carbocycles. The van der Waals surface area contributed by atoms with Crippen LogP contribution >= 0.6 is 11.3 Å². The molecule has 3 rings (SSSR count). The Morgan fingerprint density at radius 1 is 1.41 bits per heavy atom. The predicted octanol–water partition coefficient (Wildman–Crippen LogP) is 2.86. The highest BCUT2D eigenvalue weighted by Gasteiger charge is 2.39. The molecule has 118 valence electrons. The summed E-state index contributed by atoms with van der Waals surface area (Å²) in [6.07, 6.45) is 0.633. The Labute approximate surface area is 135 Å². The lowest BCUT2D eigenvalue weighted by molar-refractivity contribution is -0.0994. The van der Waals surface area contributed by atoms with E-state index < -0.39 is 5.60 Å². The maximum Gasteiger partial charge on any atom is 0.129 e. The van der Waals surface area contributed by atoms with Crippen LogP contribution in [0.2, 0.25) is 0 Å². The average molecular weight is 318 g/mol. The van der Waals surface area contributed by atoms with Crippen molar-refractivity contribution in [2.24, 2.45) is 0 Å². The fourth-order valence-electron chi connectivity index (χ4n) is 2.94. The first kappa shape index (κ1) is 15.5. The molecule has 4 nitrogen and oxygen atoms in total. The number of piperidine rings is 1. The molecule has 0 amide bonds. The van der Waals surface area contributed by atoms with Gasteiger partial charge >= 0.3 is 0 Å². The molecule has 1 saturated heterocycles. The summed E-state index contributed by atoms with van der Waals surface area (Å²) >= 11 is 1.67. The van der Waals surface area contributed by atoms with Crippen LogP contribution in [0.25, 0.3) is 0 Å². The standard InChI is InChI=1S/C17H22N2O2S/c1-13-18-14(11-22-13)10-19-9-8-16(17(2,20)12-19)21-15-6-4-3-5-7-15/h3-7,11,16,20H,8-10,12H2,1-2H3/t16-,17-/m0/s1. The first-order valence-electron chi connectivity index (χ1n) is 7.60. The van der Waals surface area contributed by atoms with Gasteiger partial charge in [0.1, 0.15) is 17.5 Å². The summed E-state index contributed by atoms with van der Waals surface area (Å²) in [7, 11) is 0. The Morgan fingerprint density at radius 3 is 2.82 bits per heavy atom. The molecule has 0 unspecified atom stereocenters. The fraction of sp³-hybridized carbons (Fsp3) is 0.471. The van der Waals surface area contributed by atoms with Gasteiger partial charge in [-0.3, -0.25) is 4.90 Å². The number of β-amino-alcohol motifs (C(OH)–C–C–N with tert-alkyl or cyclic N) is 1. The molecular weight excluding hydrogens is 296 g/mol. The van der Waals surface area contributed by atoms with Crippen LogP contribution in [0.4, 0.5) is 0 Å². The lowest BCUT2D eigenvalue weighted by atomic mass is 9.91. The van der Waals surface area contributed by atoms with Crippen molar-refractivity contribution in [2.75, 3.05) is 13.1 Å². The highest BCUT2D eigenvalue weighted by atomic mass is 32.1. The maximum absolute atomic E-state index is 10.8. The summed E-state index contributed by atoms with van der Waals surface area (Å²) in [5.74, 6) is 0.816. The number of nitrogens with zero attached hydrogens (tertiary/aromatic N) is 2. The number of ether oxygens (including phenoxy) is 1. The largest absolute Gasteiger partial charge is 0.487 e. The second-order valence-corrected chi connectivity index (χ2v) is 7.20. The number of aliphatic hydroxyl groups is 1. The minimum Gasteiger partial charge on any atom is -0.487 e. The molecular formula is C17H22N2O2S. The highest BCUT2D eigenvalue weighted by molar-refractivity contribution is 7.09. The van der Waals surface area contributed by atoms with Crippen molar-refractivity contribution in [2.45, 2.75) is 38.5 Å². The van der Waals surface area contributed by atoms with Gasteiger partial charge in [-0.1, -0.05) is 18.2 Å². The first-order valence-corrected chi connectivity index (χ1v) is 8.48. The van der Waals surface area contributed by atoms with E-state index in [0.29, 0.717) is 6.54 Å². The smallest absolute Gasteiger partial charge is 0.129 e. The number of aromatic nitrogens is 1. The number of aryl methyl sites for hydroxylation is 1. The Balaban J connectivity index is 1.61. The molecule has 2 heterocycles. The molecule has 0 spiro atoms. The molecule has 22 heavy (non-hydrogen) atoms. The van der Waals surface area contributed by atoms with E-state index >= 15 is 0 Å². The molecule has 0 radical (unpaired) electrons. The van der Waals surface area contributed by atoms with Crippen LogP contribution in [-0.2, 0) is 6.54 Å². The van der Waals surface area contributed by atoms with Gasteiger partial charge in [0.05, 0.1) is 10.7 Å². The number of likely N-dealkylation sites (tertiary alicyclic amines) is 1. The monoisotopic (exact) mass is 318 g/mol. The van der Waals surface area contributed by atoms with Gasteiger partial charge in [-0.2, -0.15) is 0 Å². The van der Waals surface area contributed by atoms with E-state index in [0.717, 1.165) is 36.0 Å².